The summed E-state index contributed by atoms with van der Waals surface area (Å²) in [5, 5.41) is 5.44. The Labute approximate surface area is 221 Å². The maximum Gasteiger partial charge on any atom is 0.335 e. The van der Waals surface area contributed by atoms with Crippen LogP contribution in [0.2, 0.25) is 10.0 Å². The van der Waals surface area contributed by atoms with Crippen molar-refractivity contribution in [3.8, 4) is 11.5 Å². The van der Waals surface area contributed by atoms with E-state index in [-0.39, 0.29) is 28.6 Å². The summed E-state index contributed by atoms with van der Waals surface area (Å²) in [6.07, 6.45) is 1.30. The SMILES string of the molecule is COc1ccc(N2C(=O)NC(=O)/C(=C\c3ccccc3OCC(=O)Nc3ccc(Cl)c(Cl)c3)C2=O)cc1. The number of ether oxygens (including phenoxy) is 2. The Balaban J connectivity index is 1.53. The number of imide groups is 2. The Bertz CT molecular complexity index is 1420. The van der Waals surface area contributed by atoms with Crippen molar-refractivity contribution >= 4 is 64.4 Å². The molecule has 1 fully saturated rings. The zero-order chi connectivity index (χ0) is 26.5. The lowest BCUT2D eigenvalue weighted by atomic mass is 10.1. The highest BCUT2D eigenvalue weighted by molar-refractivity contribution is 6.42. The van der Waals surface area contributed by atoms with Crippen LogP contribution < -0.4 is 25.0 Å². The lowest BCUT2D eigenvalue weighted by Crippen LogP contribution is -2.54. The van der Waals surface area contributed by atoms with Gasteiger partial charge in [0.25, 0.3) is 17.7 Å². The van der Waals surface area contributed by atoms with Crippen LogP contribution in [0.1, 0.15) is 5.56 Å². The summed E-state index contributed by atoms with van der Waals surface area (Å²) in [7, 11) is 1.49. The summed E-state index contributed by atoms with van der Waals surface area (Å²) in [6.45, 7) is -0.364. The number of anilines is 2. The number of nitrogens with one attached hydrogen (secondary N) is 2. The summed E-state index contributed by atoms with van der Waals surface area (Å²) >= 11 is 11.9. The lowest BCUT2D eigenvalue weighted by Gasteiger charge is -2.26. The molecule has 1 aliphatic rings. The zero-order valence-electron chi connectivity index (χ0n) is 19.3. The van der Waals surface area contributed by atoms with E-state index >= 15 is 0 Å². The molecule has 0 aliphatic carbocycles. The zero-order valence-corrected chi connectivity index (χ0v) is 20.8. The Morgan fingerprint density at radius 3 is 2.43 bits per heavy atom. The number of hydrogen-bond donors (Lipinski definition) is 2. The quantitative estimate of drug-likeness (QED) is 0.332. The van der Waals surface area contributed by atoms with Crippen LogP contribution in [-0.2, 0) is 14.4 Å². The number of barbiturate groups is 1. The van der Waals surface area contributed by atoms with Crippen LogP contribution >= 0.6 is 23.2 Å². The normalized spacial score (nSPS) is 14.4. The molecular weight excluding hydrogens is 521 g/mol. The molecule has 1 saturated heterocycles. The van der Waals surface area contributed by atoms with Crippen LogP contribution in [0.5, 0.6) is 11.5 Å². The fraction of sp³-hybridized carbons (Fsp3) is 0.0769. The molecule has 0 saturated carbocycles. The molecule has 0 radical (unpaired) electrons. The molecule has 3 aromatic rings. The molecule has 37 heavy (non-hydrogen) atoms. The Hall–Kier alpha value is -4.34. The summed E-state index contributed by atoms with van der Waals surface area (Å²) < 4.78 is 10.7. The van der Waals surface area contributed by atoms with E-state index in [4.69, 9.17) is 32.7 Å². The fourth-order valence-corrected chi connectivity index (χ4v) is 3.72. The Morgan fingerprint density at radius 1 is 1.00 bits per heavy atom. The number of nitrogens with zero attached hydrogens (tertiary/aromatic N) is 1. The summed E-state index contributed by atoms with van der Waals surface area (Å²) in [6, 6.07) is 16.5. The number of benzene rings is 3. The first-order chi connectivity index (χ1) is 17.8. The molecule has 0 spiro atoms. The number of hydrogen-bond acceptors (Lipinski definition) is 6. The summed E-state index contributed by atoms with van der Waals surface area (Å²) in [4.78, 5) is 51.3. The Kier molecular flexibility index (Phi) is 7.76. The van der Waals surface area contributed by atoms with Crippen molar-refractivity contribution < 1.29 is 28.7 Å². The van der Waals surface area contributed by atoms with E-state index in [0.29, 0.717) is 22.0 Å². The maximum absolute atomic E-state index is 13.2. The van der Waals surface area contributed by atoms with Crippen LogP contribution in [0, 0.1) is 0 Å². The van der Waals surface area contributed by atoms with Crippen LogP contribution in [-0.4, -0.2) is 37.5 Å². The van der Waals surface area contributed by atoms with Gasteiger partial charge in [-0.25, -0.2) is 9.69 Å². The van der Waals surface area contributed by atoms with Gasteiger partial charge in [-0.05, 0) is 54.6 Å². The predicted molar refractivity (Wildman–Crippen MR) is 139 cm³/mol. The first-order valence-corrected chi connectivity index (χ1v) is 11.5. The van der Waals surface area contributed by atoms with E-state index in [9.17, 15) is 19.2 Å². The molecule has 5 amide bonds. The van der Waals surface area contributed by atoms with Crippen molar-refractivity contribution in [2.75, 3.05) is 23.9 Å². The van der Waals surface area contributed by atoms with Gasteiger partial charge in [0.2, 0.25) is 0 Å². The molecule has 0 bridgehead atoms. The third kappa shape index (κ3) is 5.91. The van der Waals surface area contributed by atoms with Gasteiger partial charge in [0.1, 0.15) is 17.1 Å². The molecular formula is C26H19Cl2N3O6. The van der Waals surface area contributed by atoms with Crippen LogP contribution in [0.25, 0.3) is 6.08 Å². The van der Waals surface area contributed by atoms with E-state index in [1.807, 2.05) is 0 Å². The monoisotopic (exact) mass is 539 g/mol. The average Bonchev–Trinajstić information content (AvgIpc) is 2.88. The number of amides is 5. The highest BCUT2D eigenvalue weighted by atomic mass is 35.5. The highest BCUT2D eigenvalue weighted by Crippen LogP contribution is 2.27. The van der Waals surface area contributed by atoms with Gasteiger partial charge < -0.3 is 14.8 Å². The molecule has 1 heterocycles. The molecule has 2 N–H and O–H groups in total. The van der Waals surface area contributed by atoms with Gasteiger partial charge in [0, 0.05) is 11.3 Å². The van der Waals surface area contributed by atoms with E-state index in [1.54, 1.807) is 48.5 Å². The second kappa shape index (κ2) is 11.2. The first kappa shape index (κ1) is 25.7. The average molecular weight is 540 g/mol. The second-order valence-corrected chi connectivity index (χ2v) is 8.47. The number of halogens is 2. The minimum atomic E-state index is -0.874. The van der Waals surface area contributed by atoms with Gasteiger partial charge >= 0.3 is 6.03 Å². The van der Waals surface area contributed by atoms with E-state index in [0.717, 1.165) is 4.90 Å². The largest absolute Gasteiger partial charge is 0.497 e. The predicted octanol–water partition coefficient (Wildman–Crippen LogP) is 4.69. The summed E-state index contributed by atoms with van der Waals surface area (Å²) in [5.74, 6) is -1.36. The molecule has 0 unspecified atom stereocenters. The fourth-order valence-electron chi connectivity index (χ4n) is 3.42. The van der Waals surface area contributed by atoms with Crippen LogP contribution in [0.4, 0.5) is 16.2 Å². The summed E-state index contributed by atoms with van der Waals surface area (Å²) in [5.41, 5.74) is 0.760. The van der Waals surface area contributed by atoms with Gasteiger partial charge in [0.05, 0.1) is 22.8 Å². The molecule has 11 heteroatoms. The smallest absolute Gasteiger partial charge is 0.335 e. The molecule has 188 valence electrons. The first-order valence-electron chi connectivity index (χ1n) is 10.8. The van der Waals surface area contributed by atoms with Gasteiger partial charge in [-0.3, -0.25) is 19.7 Å². The number of methoxy groups -OCH3 is 1. The van der Waals surface area contributed by atoms with Crippen molar-refractivity contribution in [2.45, 2.75) is 0 Å². The van der Waals surface area contributed by atoms with Gasteiger partial charge in [-0.1, -0.05) is 41.4 Å². The molecule has 4 rings (SSSR count). The molecule has 1 aliphatic heterocycles. The van der Waals surface area contributed by atoms with E-state index < -0.39 is 23.8 Å². The lowest BCUT2D eigenvalue weighted by molar-refractivity contribution is -0.122. The minimum Gasteiger partial charge on any atom is -0.497 e. The van der Waals surface area contributed by atoms with Crippen molar-refractivity contribution in [2.24, 2.45) is 0 Å². The second-order valence-electron chi connectivity index (χ2n) is 7.66. The third-order valence-electron chi connectivity index (χ3n) is 5.21. The maximum atomic E-state index is 13.2. The number of rotatable bonds is 7. The van der Waals surface area contributed by atoms with Gasteiger partial charge in [-0.2, -0.15) is 0 Å². The highest BCUT2D eigenvalue weighted by Gasteiger charge is 2.37. The molecule has 0 atom stereocenters. The van der Waals surface area contributed by atoms with Crippen LogP contribution in [0.15, 0.2) is 72.3 Å². The van der Waals surface area contributed by atoms with Crippen molar-refractivity contribution in [3.63, 3.8) is 0 Å². The van der Waals surface area contributed by atoms with E-state index in [1.165, 1.54) is 31.4 Å². The number of para-hydroxylation sites is 1. The topological polar surface area (TPSA) is 114 Å². The third-order valence-corrected chi connectivity index (χ3v) is 5.95. The van der Waals surface area contributed by atoms with Crippen molar-refractivity contribution in [1.29, 1.82) is 0 Å². The van der Waals surface area contributed by atoms with Crippen molar-refractivity contribution in [1.82, 2.24) is 5.32 Å². The minimum absolute atomic E-state index is 0.243. The number of carbonyl (C=O) groups is 4. The van der Waals surface area contributed by atoms with Gasteiger partial charge in [-0.15, -0.1) is 0 Å². The van der Waals surface area contributed by atoms with Crippen molar-refractivity contribution in [3.05, 3.63) is 87.9 Å². The molecule has 9 nitrogen and oxygen atoms in total. The van der Waals surface area contributed by atoms with Crippen LogP contribution in [0.3, 0.4) is 0 Å². The molecule has 3 aromatic carbocycles. The molecule has 0 aromatic heterocycles. The number of urea groups is 1. The van der Waals surface area contributed by atoms with Gasteiger partial charge in [0.15, 0.2) is 6.61 Å². The van der Waals surface area contributed by atoms with E-state index in [2.05, 4.69) is 10.6 Å². The standard InChI is InChI=1S/C26H19Cl2N3O6/c1-36-18-9-7-17(8-10-18)31-25(34)19(24(33)30-26(31)35)12-15-4-2-3-5-22(15)37-14-23(32)29-16-6-11-20(27)21(28)13-16/h2-13H,14H2,1H3,(H,29,32)(H,30,33,35)/b19-12+. The Morgan fingerprint density at radius 2 is 1.73 bits per heavy atom. The number of carbonyl (C=O) groups excluding carboxylic acids is 4.